The molecule has 3 atom stereocenters. The summed E-state index contributed by atoms with van der Waals surface area (Å²) < 4.78 is 40.8. The van der Waals surface area contributed by atoms with Crippen LogP contribution >= 0.6 is 0 Å². The number of aliphatic hydroxyl groups is 1. The van der Waals surface area contributed by atoms with Gasteiger partial charge >= 0.3 is 6.18 Å². The lowest BCUT2D eigenvalue weighted by molar-refractivity contribution is -0.130. The van der Waals surface area contributed by atoms with Gasteiger partial charge in [0, 0.05) is 42.9 Å². The Hall–Kier alpha value is -3.92. The van der Waals surface area contributed by atoms with E-state index >= 15 is 0 Å². The molecule has 2 aliphatic rings. The number of rotatable bonds is 5. The predicted molar refractivity (Wildman–Crippen MR) is 144 cm³/mol. The zero-order valence-corrected chi connectivity index (χ0v) is 22.0. The van der Waals surface area contributed by atoms with Gasteiger partial charge in [-0.15, -0.1) is 0 Å². The van der Waals surface area contributed by atoms with E-state index in [0.29, 0.717) is 47.2 Å². The number of piperidine rings is 1. The number of nitrogens with zero attached hydrogens (tertiary/aromatic N) is 4. The summed E-state index contributed by atoms with van der Waals surface area (Å²) in [5, 5.41) is 11.4. The Morgan fingerprint density at radius 1 is 1.07 bits per heavy atom. The van der Waals surface area contributed by atoms with Gasteiger partial charge in [0.1, 0.15) is 28.5 Å². The average Bonchev–Trinajstić information content (AvgIpc) is 3.49. The van der Waals surface area contributed by atoms with Crippen LogP contribution in [0.1, 0.15) is 61.0 Å². The number of anilines is 1. The van der Waals surface area contributed by atoms with Crippen LogP contribution in [0.3, 0.4) is 0 Å². The topological polar surface area (TPSA) is 96.8 Å². The Labute approximate surface area is 229 Å². The number of aromatic nitrogens is 3. The molecule has 2 aromatic carbocycles. The molecule has 6 rings (SSSR count). The summed E-state index contributed by atoms with van der Waals surface area (Å²) in [7, 11) is 0. The molecule has 2 aromatic heterocycles. The van der Waals surface area contributed by atoms with Crippen LogP contribution in [0.15, 0.2) is 60.9 Å². The number of fused-ring (bicyclic) bond motifs is 2. The standard InChI is InChI=1S/C30H30F3N5O2/c1-29(40,22-4-2-3-18(15-22)16-30(31,32)33)21-8-5-19(6-9-21)25-26-27(34)35-13-14-37(26)28(36-25)20-7-10-23-11-12-24(39)38(23)17-20/h2-6,8-9,13-15,20,23,40H,7,10-12,16-17H2,1H3,(H2,34,35)/t20-,23+,29-/m1/s1. The van der Waals surface area contributed by atoms with Crippen molar-refractivity contribution in [2.75, 3.05) is 12.3 Å². The Kier molecular flexibility index (Phi) is 6.33. The van der Waals surface area contributed by atoms with Crippen LogP contribution in [0.2, 0.25) is 0 Å². The Bertz CT molecular complexity index is 1580. The summed E-state index contributed by atoms with van der Waals surface area (Å²) in [6, 6.07) is 13.4. The Morgan fingerprint density at radius 2 is 1.85 bits per heavy atom. The molecule has 208 valence electrons. The Morgan fingerprint density at radius 3 is 2.60 bits per heavy atom. The number of carbonyl (C=O) groups is 1. The van der Waals surface area contributed by atoms with Gasteiger partial charge in [0.25, 0.3) is 0 Å². The molecule has 2 aliphatic heterocycles. The number of imidazole rings is 1. The number of nitrogens with two attached hydrogens (primary N) is 1. The number of hydrogen-bond donors (Lipinski definition) is 2. The van der Waals surface area contributed by atoms with Crippen LogP contribution < -0.4 is 5.73 Å². The Balaban J connectivity index is 1.33. The number of alkyl halides is 3. The van der Waals surface area contributed by atoms with Crippen LogP contribution in [-0.4, -0.2) is 49.0 Å². The van der Waals surface area contributed by atoms with Gasteiger partial charge in [-0.3, -0.25) is 9.20 Å². The first-order chi connectivity index (χ1) is 19.0. The molecule has 40 heavy (non-hydrogen) atoms. The third-order valence-electron chi connectivity index (χ3n) is 8.31. The summed E-state index contributed by atoms with van der Waals surface area (Å²) in [4.78, 5) is 23.7. The first kappa shape index (κ1) is 26.3. The lowest BCUT2D eigenvalue weighted by atomic mass is 9.86. The molecule has 2 saturated heterocycles. The van der Waals surface area contributed by atoms with Gasteiger partial charge in [0.2, 0.25) is 5.91 Å². The fraction of sp³-hybridized carbons (Fsp3) is 0.367. The highest BCUT2D eigenvalue weighted by Crippen LogP contribution is 2.39. The maximum absolute atomic E-state index is 12.9. The van der Waals surface area contributed by atoms with E-state index in [4.69, 9.17) is 10.7 Å². The zero-order valence-electron chi connectivity index (χ0n) is 22.0. The molecule has 0 radical (unpaired) electrons. The monoisotopic (exact) mass is 549 g/mol. The van der Waals surface area contributed by atoms with Gasteiger partial charge in [-0.1, -0.05) is 48.5 Å². The van der Waals surface area contributed by atoms with Crippen LogP contribution in [0.4, 0.5) is 19.0 Å². The van der Waals surface area contributed by atoms with E-state index in [2.05, 4.69) is 4.98 Å². The number of nitrogen functional groups attached to an aromatic ring is 1. The van der Waals surface area contributed by atoms with E-state index < -0.39 is 18.2 Å². The maximum Gasteiger partial charge on any atom is 0.393 e. The molecule has 0 saturated carbocycles. The lowest BCUT2D eigenvalue weighted by Crippen LogP contribution is -2.41. The molecule has 0 unspecified atom stereocenters. The lowest BCUT2D eigenvalue weighted by Gasteiger charge is -2.34. The van der Waals surface area contributed by atoms with Crippen molar-refractivity contribution >= 4 is 17.2 Å². The molecule has 0 aliphatic carbocycles. The van der Waals surface area contributed by atoms with Gasteiger partial charge in [-0.2, -0.15) is 13.2 Å². The van der Waals surface area contributed by atoms with Crippen molar-refractivity contribution in [3.05, 3.63) is 83.4 Å². The fourth-order valence-electron chi connectivity index (χ4n) is 6.19. The first-order valence-corrected chi connectivity index (χ1v) is 13.4. The third kappa shape index (κ3) is 4.70. The summed E-state index contributed by atoms with van der Waals surface area (Å²) in [6.07, 6.45) is 1.45. The van der Waals surface area contributed by atoms with Crippen molar-refractivity contribution in [3.63, 3.8) is 0 Å². The highest BCUT2D eigenvalue weighted by atomic mass is 19.4. The first-order valence-electron chi connectivity index (χ1n) is 13.4. The van der Waals surface area contributed by atoms with Crippen LogP contribution in [0.5, 0.6) is 0 Å². The number of halogens is 3. The predicted octanol–water partition coefficient (Wildman–Crippen LogP) is 5.21. The van der Waals surface area contributed by atoms with Crippen molar-refractivity contribution in [2.45, 2.75) is 62.8 Å². The summed E-state index contributed by atoms with van der Waals surface area (Å²) in [5.41, 5.74) is 7.88. The fourth-order valence-corrected chi connectivity index (χ4v) is 6.19. The van der Waals surface area contributed by atoms with Crippen molar-refractivity contribution in [1.29, 1.82) is 0 Å². The molecular formula is C30H30F3N5O2. The highest BCUT2D eigenvalue weighted by molar-refractivity contribution is 5.85. The minimum atomic E-state index is -4.33. The van der Waals surface area contributed by atoms with Gasteiger partial charge in [0.05, 0.1) is 6.42 Å². The smallest absolute Gasteiger partial charge is 0.382 e. The molecule has 2 fully saturated rings. The quantitative estimate of drug-likeness (QED) is 0.356. The molecule has 0 bridgehead atoms. The molecule has 4 heterocycles. The van der Waals surface area contributed by atoms with E-state index in [0.717, 1.165) is 30.7 Å². The second-order valence-corrected chi connectivity index (χ2v) is 11.0. The minimum Gasteiger partial charge on any atom is -0.382 e. The summed E-state index contributed by atoms with van der Waals surface area (Å²) >= 11 is 0. The minimum absolute atomic E-state index is 0.0605. The van der Waals surface area contributed by atoms with Crippen LogP contribution in [-0.2, 0) is 16.8 Å². The van der Waals surface area contributed by atoms with E-state index in [9.17, 15) is 23.1 Å². The molecule has 4 aromatic rings. The molecule has 7 nitrogen and oxygen atoms in total. The van der Waals surface area contributed by atoms with Crippen molar-refractivity contribution in [2.24, 2.45) is 0 Å². The van der Waals surface area contributed by atoms with Gasteiger partial charge < -0.3 is 15.7 Å². The van der Waals surface area contributed by atoms with Crippen molar-refractivity contribution in [3.8, 4) is 11.3 Å². The van der Waals surface area contributed by atoms with E-state index in [1.54, 1.807) is 31.3 Å². The van der Waals surface area contributed by atoms with Crippen molar-refractivity contribution < 1.29 is 23.1 Å². The zero-order chi connectivity index (χ0) is 28.2. The van der Waals surface area contributed by atoms with E-state index in [1.807, 2.05) is 27.6 Å². The normalized spacial score (nSPS) is 21.0. The maximum atomic E-state index is 12.9. The van der Waals surface area contributed by atoms with E-state index in [1.165, 1.54) is 18.2 Å². The largest absolute Gasteiger partial charge is 0.393 e. The summed E-state index contributed by atoms with van der Waals surface area (Å²) in [6.45, 7) is 2.19. The number of carbonyl (C=O) groups excluding carboxylic acids is 1. The highest BCUT2D eigenvalue weighted by Gasteiger charge is 2.38. The summed E-state index contributed by atoms with van der Waals surface area (Å²) in [5.74, 6) is 1.42. The average molecular weight is 550 g/mol. The SMILES string of the molecule is C[C@@](O)(c1ccc(-c2nc([C@@H]3CC[C@H]4CCC(=O)N4C3)n3ccnc(N)c23)cc1)c1cccc(CC(F)(F)F)c1. The van der Waals surface area contributed by atoms with Gasteiger partial charge in [0.15, 0.2) is 0 Å². The van der Waals surface area contributed by atoms with Crippen LogP contribution in [0, 0.1) is 0 Å². The van der Waals surface area contributed by atoms with Gasteiger partial charge in [-0.25, -0.2) is 9.97 Å². The van der Waals surface area contributed by atoms with Gasteiger partial charge in [-0.05, 0) is 42.9 Å². The number of amides is 1. The number of benzene rings is 2. The molecular weight excluding hydrogens is 519 g/mol. The second kappa shape index (κ2) is 9.62. The van der Waals surface area contributed by atoms with E-state index in [-0.39, 0.29) is 17.4 Å². The van der Waals surface area contributed by atoms with Crippen LogP contribution in [0.25, 0.3) is 16.8 Å². The molecule has 1 amide bonds. The molecule has 3 N–H and O–H groups in total. The number of hydrogen-bond acceptors (Lipinski definition) is 5. The molecule has 0 spiro atoms. The van der Waals surface area contributed by atoms with Crippen molar-refractivity contribution in [1.82, 2.24) is 19.3 Å². The second-order valence-electron chi connectivity index (χ2n) is 11.0. The third-order valence-corrected chi connectivity index (χ3v) is 8.31. The molecule has 10 heteroatoms.